The van der Waals surface area contributed by atoms with E-state index in [1.54, 1.807) is 30.3 Å². The van der Waals surface area contributed by atoms with Gasteiger partial charge in [-0.25, -0.2) is 9.97 Å². The molecule has 0 aliphatic rings. The second-order valence-corrected chi connectivity index (χ2v) is 7.64. The van der Waals surface area contributed by atoms with Crippen LogP contribution in [0.15, 0.2) is 71.2 Å². The van der Waals surface area contributed by atoms with Crippen molar-refractivity contribution >= 4 is 50.3 Å². The van der Waals surface area contributed by atoms with Crippen molar-refractivity contribution < 1.29 is 9.53 Å². The molecule has 0 bridgehead atoms. The molecule has 0 spiro atoms. The molecule has 0 unspecified atom stereocenters. The van der Waals surface area contributed by atoms with Gasteiger partial charge in [-0.2, -0.15) is 0 Å². The molecular formula is C22H16BrClN4O2. The van der Waals surface area contributed by atoms with Crippen molar-refractivity contribution in [3.8, 4) is 17.0 Å². The van der Waals surface area contributed by atoms with E-state index in [0.717, 1.165) is 15.4 Å². The first kappa shape index (κ1) is 20.1. The first-order valence-corrected chi connectivity index (χ1v) is 10.2. The van der Waals surface area contributed by atoms with Crippen LogP contribution in [-0.4, -0.2) is 23.0 Å². The van der Waals surface area contributed by atoms with Crippen LogP contribution in [0.3, 0.4) is 0 Å². The van der Waals surface area contributed by atoms with E-state index < -0.39 is 0 Å². The van der Waals surface area contributed by atoms with Crippen molar-refractivity contribution in [2.24, 2.45) is 0 Å². The minimum absolute atomic E-state index is 0.239. The van der Waals surface area contributed by atoms with Crippen molar-refractivity contribution in [3.63, 3.8) is 0 Å². The van der Waals surface area contributed by atoms with Gasteiger partial charge < -0.3 is 4.74 Å². The molecule has 150 valence electrons. The second-order valence-electron chi connectivity index (χ2n) is 6.32. The van der Waals surface area contributed by atoms with Crippen LogP contribution in [0.1, 0.15) is 10.4 Å². The summed E-state index contributed by atoms with van der Waals surface area (Å²) in [6, 6.07) is 20.1. The van der Waals surface area contributed by atoms with Crippen LogP contribution in [-0.2, 0) is 0 Å². The Labute approximate surface area is 186 Å². The van der Waals surface area contributed by atoms with Crippen molar-refractivity contribution in [1.82, 2.24) is 15.4 Å². The van der Waals surface area contributed by atoms with E-state index in [-0.39, 0.29) is 11.9 Å². The van der Waals surface area contributed by atoms with Crippen molar-refractivity contribution in [1.29, 1.82) is 0 Å². The lowest BCUT2D eigenvalue weighted by atomic mass is 10.1. The zero-order valence-corrected chi connectivity index (χ0v) is 18.2. The van der Waals surface area contributed by atoms with Crippen LogP contribution in [0, 0.1) is 0 Å². The molecule has 0 fully saturated rings. The van der Waals surface area contributed by atoms with Gasteiger partial charge >= 0.3 is 0 Å². The van der Waals surface area contributed by atoms with Crippen molar-refractivity contribution in [3.05, 3.63) is 81.8 Å². The molecule has 1 aromatic heterocycles. The lowest BCUT2D eigenvalue weighted by Crippen LogP contribution is -2.30. The largest absolute Gasteiger partial charge is 0.496 e. The SMILES string of the molecule is COc1ccccc1C(=O)NNc1nc(-c2ccccc2Cl)c2cc(Br)ccc2n1. The minimum Gasteiger partial charge on any atom is -0.496 e. The van der Waals surface area contributed by atoms with E-state index in [0.29, 0.717) is 27.5 Å². The summed E-state index contributed by atoms with van der Waals surface area (Å²) >= 11 is 9.91. The van der Waals surface area contributed by atoms with Gasteiger partial charge in [-0.05, 0) is 36.4 Å². The third-order valence-corrected chi connectivity index (χ3v) is 5.25. The third-order valence-electron chi connectivity index (χ3n) is 4.43. The monoisotopic (exact) mass is 482 g/mol. The Morgan fingerprint density at radius 1 is 1.03 bits per heavy atom. The summed E-state index contributed by atoms with van der Waals surface area (Å²) in [5.74, 6) is 0.340. The van der Waals surface area contributed by atoms with Crippen LogP contribution >= 0.6 is 27.5 Å². The maximum absolute atomic E-state index is 12.6. The first-order valence-electron chi connectivity index (χ1n) is 8.98. The lowest BCUT2D eigenvalue weighted by molar-refractivity contribution is 0.0959. The number of nitrogens with zero attached hydrogens (tertiary/aromatic N) is 2. The third kappa shape index (κ3) is 4.08. The van der Waals surface area contributed by atoms with Gasteiger partial charge in [-0.3, -0.25) is 15.6 Å². The van der Waals surface area contributed by atoms with Gasteiger partial charge in [0, 0.05) is 20.4 Å². The maximum atomic E-state index is 12.6. The average Bonchev–Trinajstić information content (AvgIpc) is 2.77. The smallest absolute Gasteiger partial charge is 0.273 e. The molecule has 4 aromatic rings. The fourth-order valence-electron chi connectivity index (χ4n) is 3.03. The number of hydrazine groups is 1. The van der Waals surface area contributed by atoms with Crippen LogP contribution in [0.25, 0.3) is 22.2 Å². The van der Waals surface area contributed by atoms with Crippen molar-refractivity contribution in [2.45, 2.75) is 0 Å². The fraction of sp³-hybridized carbons (Fsp3) is 0.0455. The van der Waals surface area contributed by atoms with Gasteiger partial charge in [-0.15, -0.1) is 0 Å². The number of rotatable bonds is 5. The van der Waals surface area contributed by atoms with Gasteiger partial charge in [-0.1, -0.05) is 57.9 Å². The number of ether oxygens (including phenoxy) is 1. The summed E-state index contributed by atoms with van der Waals surface area (Å²) in [7, 11) is 1.51. The van der Waals surface area contributed by atoms with E-state index in [9.17, 15) is 4.79 Å². The molecule has 2 N–H and O–H groups in total. The topological polar surface area (TPSA) is 76.1 Å². The lowest BCUT2D eigenvalue weighted by Gasteiger charge is -2.13. The molecule has 0 aliphatic heterocycles. The molecule has 4 rings (SSSR count). The summed E-state index contributed by atoms with van der Waals surface area (Å²) in [4.78, 5) is 21.7. The predicted molar refractivity (Wildman–Crippen MR) is 122 cm³/mol. The fourth-order valence-corrected chi connectivity index (χ4v) is 3.61. The summed E-state index contributed by atoms with van der Waals surface area (Å²) in [6.45, 7) is 0. The van der Waals surface area contributed by atoms with Crippen molar-refractivity contribution in [2.75, 3.05) is 12.5 Å². The van der Waals surface area contributed by atoms with E-state index in [1.165, 1.54) is 7.11 Å². The number of para-hydroxylation sites is 1. The van der Waals surface area contributed by atoms with Gasteiger partial charge in [0.15, 0.2) is 0 Å². The Balaban J connectivity index is 1.71. The Hall–Kier alpha value is -3.16. The van der Waals surface area contributed by atoms with E-state index in [4.69, 9.17) is 16.3 Å². The number of fused-ring (bicyclic) bond motifs is 1. The predicted octanol–water partition coefficient (Wildman–Crippen LogP) is 5.48. The average molecular weight is 484 g/mol. The molecule has 0 aliphatic carbocycles. The molecule has 0 atom stereocenters. The highest BCUT2D eigenvalue weighted by Crippen LogP contribution is 2.33. The van der Waals surface area contributed by atoms with Crippen LogP contribution < -0.4 is 15.6 Å². The maximum Gasteiger partial charge on any atom is 0.273 e. The zero-order chi connectivity index (χ0) is 21.1. The number of hydrogen-bond donors (Lipinski definition) is 2. The molecule has 30 heavy (non-hydrogen) atoms. The number of aromatic nitrogens is 2. The molecule has 8 heteroatoms. The standard InChI is InChI=1S/C22H16BrClN4O2/c1-30-19-9-5-3-7-15(19)21(29)27-28-22-25-18-11-10-13(23)12-16(18)20(26-22)14-6-2-4-8-17(14)24/h2-12H,1H3,(H,27,29)(H,25,26,28). The molecule has 0 saturated heterocycles. The van der Waals surface area contributed by atoms with Gasteiger partial charge in [0.1, 0.15) is 5.75 Å². The second kappa shape index (κ2) is 8.69. The van der Waals surface area contributed by atoms with E-state index >= 15 is 0 Å². The quantitative estimate of drug-likeness (QED) is 0.368. The zero-order valence-electron chi connectivity index (χ0n) is 15.8. The summed E-state index contributed by atoms with van der Waals surface area (Å²) in [5, 5.41) is 1.40. The highest BCUT2D eigenvalue weighted by Gasteiger charge is 2.15. The molecule has 0 radical (unpaired) electrons. The highest BCUT2D eigenvalue weighted by molar-refractivity contribution is 9.10. The van der Waals surface area contributed by atoms with E-state index in [2.05, 4.69) is 36.7 Å². The number of methoxy groups -OCH3 is 1. The molecule has 1 heterocycles. The van der Waals surface area contributed by atoms with Crippen LogP contribution in [0.4, 0.5) is 5.95 Å². The van der Waals surface area contributed by atoms with Gasteiger partial charge in [0.05, 0.1) is 23.9 Å². The number of amides is 1. The number of carbonyl (C=O) groups is 1. The Morgan fingerprint density at radius 2 is 1.80 bits per heavy atom. The molecular weight excluding hydrogens is 468 g/mol. The Kier molecular flexibility index (Phi) is 5.83. The molecule has 3 aromatic carbocycles. The summed E-state index contributed by atoms with van der Waals surface area (Å²) in [5.41, 5.74) is 7.94. The van der Waals surface area contributed by atoms with Crippen LogP contribution in [0.5, 0.6) is 5.75 Å². The minimum atomic E-state index is -0.369. The normalized spacial score (nSPS) is 10.6. The Bertz CT molecular complexity index is 1250. The highest BCUT2D eigenvalue weighted by atomic mass is 79.9. The summed E-state index contributed by atoms with van der Waals surface area (Å²) in [6.07, 6.45) is 0. The molecule has 0 saturated carbocycles. The first-order chi connectivity index (χ1) is 14.6. The number of anilines is 1. The number of hydrogen-bond acceptors (Lipinski definition) is 5. The van der Waals surface area contributed by atoms with E-state index in [1.807, 2.05) is 36.4 Å². The number of nitrogens with one attached hydrogen (secondary N) is 2. The molecule has 1 amide bonds. The molecule has 6 nitrogen and oxygen atoms in total. The number of benzene rings is 3. The van der Waals surface area contributed by atoms with Gasteiger partial charge in [0.25, 0.3) is 5.91 Å². The number of carbonyl (C=O) groups excluding carboxylic acids is 1. The Morgan fingerprint density at radius 3 is 2.60 bits per heavy atom. The van der Waals surface area contributed by atoms with Gasteiger partial charge in [0.2, 0.25) is 5.95 Å². The summed E-state index contributed by atoms with van der Waals surface area (Å²) < 4.78 is 6.14. The number of halogens is 2. The van der Waals surface area contributed by atoms with Crippen LogP contribution in [0.2, 0.25) is 5.02 Å².